The molecule has 0 aromatic carbocycles. The van der Waals surface area contributed by atoms with Gasteiger partial charge in [-0.15, -0.1) is 0 Å². The van der Waals surface area contributed by atoms with Crippen LogP contribution >= 0.6 is 0 Å². The molecule has 96 valence electrons. The molecular formula is C15H25NO. The molecule has 1 aliphatic heterocycles. The van der Waals surface area contributed by atoms with E-state index in [2.05, 4.69) is 31.5 Å². The van der Waals surface area contributed by atoms with Crippen LogP contribution in [0.3, 0.4) is 0 Å². The van der Waals surface area contributed by atoms with Gasteiger partial charge in [-0.1, -0.05) is 20.1 Å². The summed E-state index contributed by atoms with van der Waals surface area (Å²) in [6.45, 7) is 6.86. The van der Waals surface area contributed by atoms with Crippen molar-refractivity contribution >= 4 is 0 Å². The van der Waals surface area contributed by atoms with E-state index in [1.807, 2.05) is 6.08 Å². The Bertz CT molecular complexity index is 335. The summed E-state index contributed by atoms with van der Waals surface area (Å²) in [5.74, 6) is 1.09. The molecule has 0 saturated heterocycles. The molecular weight excluding hydrogens is 210 g/mol. The molecule has 0 aromatic rings. The molecule has 0 unspecified atom stereocenters. The minimum absolute atomic E-state index is 0. The van der Waals surface area contributed by atoms with Crippen molar-refractivity contribution in [1.29, 1.82) is 0 Å². The maximum Gasteiger partial charge on any atom is 0.116 e. The zero-order chi connectivity index (χ0) is 11.5. The quantitative estimate of drug-likeness (QED) is 0.736. The topological polar surface area (TPSA) is 12.5 Å². The molecule has 1 heterocycles. The van der Waals surface area contributed by atoms with E-state index in [9.17, 15) is 0 Å². The Hall–Kier alpha value is -1.18. The third-order valence-corrected chi connectivity index (χ3v) is 3.54. The standard InChI is InChI=1S/C14H21NO.CH4/c1-4-12-9-14(10-15(3)11(12)2)16-13-7-5-6-8-13;/h4,9,13H,1,5-8,10H2,2-3H3;1H4. The van der Waals surface area contributed by atoms with Gasteiger partial charge >= 0.3 is 0 Å². The monoisotopic (exact) mass is 235 g/mol. The van der Waals surface area contributed by atoms with Crippen molar-refractivity contribution in [1.82, 2.24) is 4.90 Å². The van der Waals surface area contributed by atoms with E-state index >= 15 is 0 Å². The van der Waals surface area contributed by atoms with Crippen molar-refractivity contribution in [2.75, 3.05) is 13.6 Å². The Kier molecular flexibility index (Phi) is 4.86. The lowest BCUT2D eigenvalue weighted by Crippen LogP contribution is -2.26. The maximum atomic E-state index is 6.04. The zero-order valence-electron chi connectivity index (χ0n) is 10.3. The lowest BCUT2D eigenvalue weighted by molar-refractivity contribution is 0.106. The van der Waals surface area contributed by atoms with Crippen molar-refractivity contribution in [2.45, 2.75) is 46.1 Å². The summed E-state index contributed by atoms with van der Waals surface area (Å²) in [5.41, 5.74) is 2.45. The zero-order valence-corrected chi connectivity index (χ0v) is 10.3. The van der Waals surface area contributed by atoms with Gasteiger partial charge < -0.3 is 9.64 Å². The lowest BCUT2D eigenvalue weighted by atomic mass is 10.1. The minimum atomic E-state index is 0. The highest BCUT2D eigenvalue weighted by molar-refractivity contribution is 5.37. The van der Waals surface area contributed by atoms with E-state index in [1.165, 1.54) is 37.0 Å². The fourth-order valence-electron chi connectivity index (χ4n) is 2.39. The lowest BCUT2D eigenvalue weighted by Gasteiger charge is -2.29. The number of likely N-dealkylation sites (N-methyl/N-ethyl adjacent to an activating group) is 1. The molecule has 2 aliphatic rings. The van der Waals surface area contributed by atoms with Crippen LogP contribution in [0.5, 0.6) is 0 Å². The highest BCUT2D eigenvalue weighted by Crippen LogP contribution is 2.27. The van der Waals surface area contributed by atoms with Gasteiger partial charge in [0.2, 0.25) is 0 Å². The minimum Gasteiger partial charge on any atom is -0.493 e. The molecule has 2 heteroatoms. The number of hydrogen-bond acceptors (Lipinski definition) is 2. The van der Waals surface area contributed by atoms with Crippen molar-refractivity contribution in [3.05, 3.63) is 35.8 Å². The second-order valence-corrected chi connectivity index (χ2v) is 4.74. The van der Waals surface area contributed by atoms with Crippen LogP contribution < -0.4 is 0 Å². The second kappa shape index (κ2) is 5.95. The third kappa shape index (κ3) is 3.15. The molecule has 1 aliphatic carbocycles. The molecule has 0 aromatic heterocycles. The fraction of sp³-hybridized carbons (Fsp3) is 0.600. The Balaban J connectivity index is 0.00000144. The van der Waals surface area contributed by atoms with Crippen LogP contribution in [0.15, 0.2) is 35.8 Å². The summed E-state index contributed by atoms with van der Waals surface area (Å²) in [6.07, 6.45) is 9.56. The van der Waals surface area contributed by atoms with Gasteiger partial charge in [0.05, 0.1) is 12.6 Å². The summed E-state index contributed by atoms with van der Waals surface area (Å²) < 4.78 is 6.04. The van der Waals surface area contributed by atoms with Crippen LogP contribution in [-0.4, -0.2) is 24.6 Å². The number of ether oxygens (including phenoxy) is 1. The number of rotatable bonds is 3. The molecule has 1 saturated carbocycles. The van der Waals surface area contributed by atoms with Crippen LogP contribution in [0.1, 0.15) is 40.0 Å². The van der Waals surface area contributed by atoms with E-state index < -0.39 is 0 Å². The van der Waals surface area contributed by atoms with Crippen molar-refractivity contribution in [3.8, 4) is 0 Å². The summed E-state index contributed by atoms with van der Waals surface area (Å²) in [4.78, 5) is 2.22. The normalized spacial score (nSPS) is 21.1. The first kappa shape index (κ1) is 13.9. The fourth-order valence-corrected chi connectivity index (χ4v) is 2.39. The summed E-state index contributed by atoms with van der Waals surface area (Å²) in [6, 6.07) is 0. The Labute approximate surface area is 106 Å². The van der Waals surface area contributed by atoms with E-state index in [-0.39, 0.29) is 7.43 Å². The largest absolute Gasteiger partial charge is 0.493 e. The predicted molar refractivity (Wildman–Crippen MR) is 73.7 cm³/mol. The Morgan fingerprint density at radius 1 is 1.41 bits per heavy atom. The number of allylic oxidation sites excluding steroid dienone is 4. The highest BCUT2D eigenvalue weighted by Gasteiger charge is 2.20. The summed E-state index contributed by atoms with van der Waals surface area (Å²) >= 11 is 0. The molecule has 0 amide bonds. The van der Waals surface area contributed by atoms with Crippen LogP contribution in [0.2, 0.25) is 0 Å². The first-order chi connectivity index (χ1) is 7.70. The van der Waals surface area contributed by atoms with Gasteiger partial charge in [0.25, 0.3) is 0 Å². The van der Waals surface area contributed by atoms with Crippen LogP contribution in [0.25, 0.3) is 0 Å². The van der Waals surface area contributed by atoms with Crippen LogP contribution in [0.4, 0.5) is 0 Å². The second-order valence-electron chi connectivity index (χ2n) is 4.74. The van der Waals surface area contributed by atoms with Gasteiger partial charge in [-0.25, -0.2) is 0 Å². The predicted octanol–water partition coefficient (Wildman–Crippen LogP) is 3.87. The maximum absolute atomic E-state index is 6.04. The summed E-state index contributed by atoms with van der Waals surface area (Å²) in [5, 5.41) is 0. The van der Waals surface area contributed by atoms with Crippen LogP contribution in [0, 0.1) is 0 Å². The highest BCUT2D eigenvalue weighted by atomic mass is 16.5. The Morgan fingerprint density at radius 3 is 2.65 bits per heavy atom. The van der Waals surface area contributed by atoms with Crippen LogP contribution in [-0.2, 0) is 4.74 Å². The first-order valence-electron chi connectivity index (χ1n) is 6.12. The van der Waals surface area contributed by atoms with Gasteiger partial charge in [-0.05, 0) is 44.3 Å². The van der Waals surface area contributed by atoms with Crippen molar-refractivity contribution < 1.29 is 4.74 Å². The van der Waals surface area contributed by atoms with Gasteiger partial charge in [0.1, 0.15) is 5.76 Å². The molecule has 0 radical (unpaired) electrons. The van der Waals surface area contributed by atoms with Crippen molar-refractivity contribution in [3.63, 3.8) is 0 Å². The third-order valence-electron chi connectivity index (χ3n) is 3.54. The van der Waals surface area contributed by atoms with E-state index in [1.54, 1.807) is 0 Å². The number of hydrogen-bond donors (Lipinski definition) is 0. The molecule has 0 atom stereocenters. The number of nitrogens with zero attached hydrogens (tertiary/aromatic N) is 1. The van der Waals surface area contributed by atoms with Gasteiger partial charge in [0.15, 0.2) is 0 Å². The molecule has 1 fully saturated rings. The average molecular weight is 235 g/mol. The molecule has 0 spiro atoms. The molecule has 2 rings (SSSR count). The van der Waals surface area contributed by atoms with E-state index in [0.29, 0.717) is 6.10 Å². The SMILES string of the molecule is C.C=CC1=C(C)N(C)CC(OC2CCCC2)=C1. The van der Waals surface area contributed by atoms with Crippen molar-refractivity contribution in [2.24, 2.45) is 0 Å². The van der Waals surface area contributed by atoms with E-state index in [0.717, 1.165) is 12.3 Å². The molecule has 0 bridgehead atoms. The smallest absolute Gasteiger partial charge is 0.116 e. The van der Waals surface area contributed by atoms with Gasteiger partial charge in [0, 0.05) is 12.7 Å². The van der Waals surface area contributed by atoms with E-state index in [4.69, 9.17) is 4.74 Å². The summed E-state index contributed by atoms with van der Waals surface area (Å²) in [7, 11) is 2.10. The molecule has 0 N–H and O–H groups in total. The molecule has 17 heavy (non-hydrogen) atoms. The van der Waals surface area contributed by atoms with Gasteiger partial charge in [-0.2, -0.15) is 0 Å². The first-order valence-corrected chi connectivity index (χ1v) is 6.12. The average Bonchev–Trinajstić information content (AvgIpc) is 2.76. The molecule has 2 nitrogen and oxygen atoms in total. The van der Waals surface area contributed by atoms with Gasteiger partial charge in [-0.3, -0.25) is 0 Å². The Morgan fingerprint density at radius 2 is 2.06 bits per heavy atom.